The van der Waals surface area contributed by atoms with Crippen LogP contribution in [0.15, 0.2) is 18.2 Å². The summed E-state index contributed by atoms with van der Waals surface area (Å²) in [6.07, 6.45) is 1.91. The normalized spacial score (nSPS) is 14.1. The second-order valence-electron chi connectivity index (χ2n) is 4.65. The third kappa shape index (κ3) is 2.88. The van der Waals surface area contributed by atoms with Gasteiger partial charge in [-0.3, -0.25) is 10.1 Å². The van der Waals surface area contributed by atoms with Crippen LogP contribution in [0.4, 0.5) is 11.4 Å². The predicted octanol–water partition coefficient (Wildman–Crippen LogP) is 1.91. The Morgan fingerprint density at radius 3 is 2.75 bits per heavy atom. The Morgan fingerprint density at radius 2 is 2.25 bits per heavy atom. The van der Waals surface area contributed by atoms with Crippen LogP contribution in [0, 0.1) is 10.1 Å². The zero-order valence-corrected chi connectivity index (χ0v) is 11.1. The largest absolute Gasteiger partial charge is 0.477 e. The number of aromatic carboxylic acids is 1. The van der Waals surface area contributed by atoms with Gasteiger partial charge in [0.1, 0.15) is 11.3 Å². The molecule has 7 heteroatoms. The molecule has 0 radical (unpaired) electrons. The number of nitro benzene ring substituents is 1. The fourth-order valence-corrected chi connectivity index (χ4v) is 2.20. The molecule has 1 fully saturated rings. The molecule has 1 saturated carbocycles. The van der Waals surface area contributed by atoms with Crippen molar-refractivity contribution >= 4 is 17.3 Å². The van der Waals surface area contributed by atoms with Crippen LogP contribution in [-0.2, 0) is 4.74 Å². The van der Waals surface area contributed by atoms with E-state index in [-0.39, 0.29) is 17.3 Å². The van der Waals surface area contributed by atoms with Crippen molar-refractivity contribution in [3.63, 3.8) is 0 Å². The van der Waals surface area contributed by atoms with Gasteiger partial charge in [0.2, 0.25) is 0 Å². The Kier molecular flexibility index (Phi) is 4.19. The summed E-state index contributed by atoms with van der Waals surface area (Å²) in [5, 5.41) is 20.4. The molecule has 0 spiro atoms. The maximum absolute atomic E-state index is 11.3. The molecule has 1 aromatic rings. The minimum absolute atomic E-state index is 0.230. The smallest absolute Gasteiger partial charge is 0.342 e. The summed E-state index contributed by atoms with van der Waals surface area (Å²) in [4.78, 5) is 23.7. The number of para-hydroxylation sites is 1. The number of methoxy groups -OCH3 is 1. The molecule has 0 saturated heterocycles. The third-order valence-corrected chi connectivity index (χ3v) is 3.26. The van der Waals surface area contributed by atoms with Crippen molar-refractivity contribution in [2.24, 2.45) is 0 Å². The van der Waals surface area contributed by atoms with Gasteiger partial charge in [-0.05, 0) is 25.0 Å². The van der Waals surface area contributed by atoms with Crippen molar-refractivity contribution in [3.05, 3.63) is 33.9 Å². The molecule has 0 aliphatic heterocycles. The maximum Gasteiger partial charge on any atom is 0.342 e. The number of carboxylic acid groups (broad SMARTS) is 1. The van der Waals surface area contributed by atoms with Crippen molar-refractivity contribution in [3.8, 4) is 0 Å². The van der Waals surface area contributed by atoms with E-state index in [2.05, 4.69) is 0 Å². The molecule has 20 heavy (non-hydrogen) atoms. The first-order valence-corrected chi connectivity index (χ1v) is 6.32. The van der Waals surface area contributed by atoms with Crippen LogP contribution in [0.3, 0.4) is 0 Å². The average molecular weight is 280 g/mol. The van der Waals surface area contributed by atoms with Crippen LogP contribution in [0.2, 0.25) is 0 Å². The van der Waals surface area contributed by atoms with Crippen LogP contribution in [0.5, 0.6) is 0 Å². The van der Waals surface area contributed by atoms with E-state index in [9.17, 15) is 14.9 Å². The zero-order chi connectivity index (χ0) is 14.7. The number of ether oxygens (including phenoxy) is 1. The van der Waals surface area contributed by atoms with Crippen molar-refractivity contribution in [1.82, 2.24) is 0 Å². The standard InChI is InChI=1S/C13H16N2O5/c1-20-8-7-14(9-5-6-9)11-4-2-3-10(13(16)17)12(11)15(18)19/h2-4,9H,5-8H2,1H3,(H,16,17). The topological polar surface area (TPSA) is 92.9 Å². The molecular weight excluding hydrogens is 264 g/mol. The van der Waals surface area contributed by atoms with Crippen molar-refractivity contribution in [2.75, 3.05) is 25.2 Å². The highest BCUT2D eigenvalue weighted by molar-refractivity contribution is 5.95. The molecular formula is C13H16N2O5. The molecule has 1 aromatic carbocycles. The Morgan fingerprint density at radius 1 is 1.55 bits per heavy atom. The number of rotatable bonds is 7. The van der Waals surface area contributed by atoms with Gasteiger partial charge in [-0.15, -0.1) is 0 Å². The Bertz CT molecular complexity index is 527. The lowest BCUT2D eigenvalue weighted by atomic mass is 10.1. The Balaban J connectivity index is 2.45. The first-order valence-electron chi connectivity index (χ1n) is 6.32. The van der Waals surface area contributed by atoms with E-state index in [1.807, 2.05) is 4.90 Å². The second-order valence-corrected chi connectivity index (χ2v) is 4.65. The third-order valence-electron chi connectivity index (χ3n) is 3.26. The molecule has 1 N–H and O–H groups in total. The number of carbonyl (C=O) groups is 1. The number of carboxylic acids is 1. The fourth-order valence-electron chi connectivity index (χ4n) is 2.20. The minimum atomic E-state index is -1.29. The first-order chi connectivity index (χ1) is 9.56. The van der Waals surface area contributed by atoms with Gasteiger partial charge in [0.05, 0.1) is 11.5 Å². The number of hydrogen-bond acceptors (Lipinski definition) is 5. The molecule has 0 atom stereocenters. The summed E-state index contributed by atoms with van der Waals surface area (Å²) in [7, 11) is 1.56. The first kappa shape index (κ1) is 14.3. The molecule has 2 rings (SSSR count). The lowest BCUT2D eigenvalue weighted by Gasteiger charge is -2.24. The molecule has 0 heterocycles. The number of hydrogen-bond donors (Lipinski definition) is 1. The zero-order valence-electron chi connectivity index (χ0n) is 11.1. The fraction of sp³-hybridized carbons (Fsp3) is 0.462. The Hall–Kier alpha value is -2.15. The summed E-state index contributed by atoms with van der Waals surface area (Å²) < 4.78 is 5.02. The van der Waals surface area contributed by atoms with Crippen molar-refractivity contribution < 1.29 is 19.6 Å². The van der Waals surface area contributed by atoms with E-state index in [0.29, 0.717) is 18.8 Å². The van der Waals surface area contributed by atoms with Crippen LogP contribution in [0.1, 0.15) is 23.2 Å². The lowest BCUT2D eigenvalue weighted by molar-refractivity contribution is -0.384. The highest BCUT2D eigenvalue weighted by Gasteiger charge is 2.35. The molecule has 7 nitrogen and oxygen atoms in total. The van der Waals surface area contributed by atoms with Crippen LogP contribution in [-0.4, -0.2) is 42.3 Å². The highest BCUT2D eigenvalue weighted by Crippen LogP contribution is 2.38. The molecule has 0 bridgehead atoms. The van der Waals surface area contributed by atoms with Gasteiger partial charge >= 0.3 is 11.7 Å². The van der Waals surface area contributed by atoms with Crippen molar-refractivity contribution in [1.29, 1.82) is 0 Å². The molecule has 1 aliphatic rings. The average Bonchev–Trinajstić information content (AvgIpc) is 3.23. The number of nitro groups is 1. The van der Waals surface area contributed by atoms with E-state index in [1.165, 1.54) is 12.1 Å². The summed E-state index contributed by atoms with van der Waals surface area (Å²) >= 11 is 0. The summed E-state index contributed by atoms with van der Waals surface area (Å²) in [5.41, 5.74) is -0.270. The van der Waals surface area contributed by atoms with E-state index >= 15 is 0 Å². The lowest BCUT2D eigenvalue weighted by Crippen LogP contribution is -2.30. The molecule has 0 aromatic heterocycles. The van der Waals surface area contributed by atoms with E-state index in [4.69, 9.17) is 9.84 Å². The SMILES string of the molecule is COCCN(c1cccc(C(=O)O)c1[N+](=O)[O-])C1CC1. The summed E-state index contributed by atoms with van der Waals surface area (Å²) in [6, 6.07) is 4.62. The highest BCUT2D eigenvalue weighted by atomic mass is 16.6. The van der Waals surface area contributed by atoms with E-state index in [0.717, 1.165) is 12.8 Å². The molecule has 1 aliphatic carbocycles. The van der Waals surface area contributed by atoms with Crippen LogP contribution < -0.4 is 4.90 Å². The molecule has 0 amide bonds. The summed E-state index contributed by atoms with van der Waals surface area (Å²) in [6.45, 7) is 0.941. The van der Waals surface area contributed by atoms with Gasteiger partial charge in [0.25, 0.3) is 0 Å². The van der Waals surface area contributed by atoms with E-state index in [1.54, 1.807) is 13.2 Å². The minimum Gasteiger partial charge on any atom is -0.477 e. The molecule has 108 valence electrons. The Labute approximate surface area is 115 Å². The second kappa shape index (κ2) is 5.87. The summed E-state index contributed by atoms with van der Waals surface area (Å²) in [5.74, 6) is -1.29. The van der Waals surface area contributed by atoms with Gasteiger partial charge in [-0.25, -0.2) is 4.79 Å². The number of nitrogens with zero attached hydrogens (tertiary/aromatic N) is 2. The van der Waals surface area contributed by atoms with E-state index < -0.39 is 10.9 Å². The quantitative estimate of drug-likeness (QED) is 0.605. The van der Waals surface area contributed by atoms with Crippen LogP contribution >= 0.6 is 0 Å². The van der Waals surface area contributed by atoms with Gasteiger partial charge in [-0.2, -0.15) is 0 Å². The monoisotopic (exact) mass is 280 g/mol. The number of anilines is 1. The van der Waals surface area contributed by atoms with Crippen LogP contribution in [0.25, 0.3) is 0 Å². The van der Waals surface area contributed by atoms with Gasteiger partial charge in [-0.1, -0.05) is 6.07 Å². The van der Waals surface area contributed by atoms with Crippen molar-refractivity contribution in [2.45, 2.75) is 18.9 Å². The number of benzene rings is 1. The molecule has 0 unspecified atom stereocenters. The predicted molar refractivity (Wildman–Crippen MR) is 72.3 cm³/mol. The maximum atomic E-state index is 11.3. The van der Waals surface area contributed by atoms with Gasteiger partial charge < -0.3 is 14.7 Å². The van der Waals surface area contributed by atoms with Gasteiger partial charge in [0.15, 0.2) is 0 Å². The van der Waals surface area contributed by atoms with Gasteiger partial charge in [0, 0.05) is 19.7 Å².